The number of aryl methyl sites for hydroxylation is 2. The maximum Gasteiger partial charge on any atom is 0.0295 e. The van der Waals surface area contributed by atoms with Gasteiger partial charge in [0, 0.05) is 28.6 Å². The van der Waals surface area contributed by atoms with Gasteiger partial charge in [-0.2, -0.15) is 0 Å². The minimum absolute atomic E-state index is 1.26. The predicted octanol–water partition coefficient (Wildman–Crippen LogP) is 2.98. The predicted molar refractivity (Wildman–Crippen MR) is 59.2 cm³/mol. The van der Waals surface area contributed by atoms with Gasteiger partial charge in [0.05, 0.1) is 0 Å². The first kappa shape index (κ1) is 8.95. The van der Waals surface area contributed by atoms with Gasteiger partial charge in [-0.1, -0.05) is 0 Å². The number of hydrogen-bond donors (Lipinski definition) is 0. The summed E-state index contributed by atoms with van der Waals surface area (Å²) in [5.41, 5.74) is 2.99. The van der Waals surface area contributed by atoms with Crippen molar-refractivity contribution in [2.24, 2.45) is 4.99 Å². The van der Waals surface area contributed by atoms with Gasteiger partial charge in [0.25, 0.3) is 0 Å². The first-order valence-electron chi connectivity index (χ1n) is 4.86. The van der Waals surface area contributed by atoms with Gasteiger partial charge in [-0.3, -0.25) is 4.99 Å². The highest BCUT2D eigenvalue weighted by Gasteiger charge is 2.16. The van der Waals surface area contributed by atoms with Crippen molar-refractivity contribution in [2.45, 2.75) is 32.6 Å². The Bertz CT molecular complexity index is 336. The van der Waals surface area contributed by atoms with E-state index in [0.29, 0.717) is 0 Å². The molecule has 0 radical (unpaired) electrons. The van der Waals surface area contributed by atoms with Crippen LogP contribution in [-0.4, -0.2) is 13.3 Å². The molecule has 1 aliphatic rings. The van der Waals surface area contributed by atoms with Crippen LogP contribution < -0.4 is 0 Å². The lowest BCUT2D eigenvalue weighted by molar-refractivity contribution is 0.696. The van der Waals surface area contributed by atoms with Gasteiger partial charge in [-0.05, 0) is 38.2 Å². The fraction of sp³-hybridized carbons (Fsp3) is 0.545. The van der Waals surface area contributed by atoms with E-state index in [1.54, 1.807) is 10.4 Å². The molecule has 0 atom stereocenters. The molecule has 0 saturated carbocycles. The summed E-state index contributed by atoms with van der Waals surface area (Å²) in [7, 11) is 1.85. The van der Waals surface area contributed by atoms with Crippen LogP contribution in [-0.2, 0) is 12.8 Å². The number of fused-ring (bicyclic) bond motifs is 1. The van der Waals surface area contributed by atoms with Gasteiger partial charge in [-0.15, -0.1) is 11.3 Å². The van der Waals surface area contributed by atoms with Gasteiger partial charge >= 0.3 is 0 Å². The summed E-state index contributed by atoms with van der Waals surface area (Å²) >= 11 is 1.97. The Hall–Kier alpha value is -0.630. The molecule has 0 aromatic carbocycles. The molecule has 1 heterocycles. The SMILES string of the molecule is CN=Cc1c(C)sc2c1CCCC2. The molecule has 13 heavy (non-hydrogen) atoms. The molecule has 0 amide bonds. The Morgan fingerprint density at radius 2 is 2.08 bits per heavy atom. The third-order valence-electron chi connectivity index (χ3n) is 2.66. The van der Waals surface area contributed by atoms with E-state index >= 15 is 0 Å². The standard InChI is InChI=1S/C11H15NS/c1-8-10(7-12-2)9-5-3-4-6-11(9)13-8/h7H,3-6H2,1-2H3. The van der Waals surface area contributed by atoms with Crippen LogP contribution in [0.1, 0.15) is 33.7 Å². The molecular formula is C11H15NS. The van der Waals surface area contributed by atoms with Crippen LogP contribution in [0.25, 0.3) is 0 Å². The number of hydrogen-bond acceptors (Lipinski definition) is 2. The van der Waals surface area contributed by atoms with Crippen LogP contribution >= 0.6 is 11.3 Å². The van der Waals surface area contributed by atoms with Gasteiger partial charge in [0.2, 0.25) is 0 Å². The van der Waals surface area contributed by atoms with E-state index in [0.717, 1.165) is 0 Å². The number of rotatable bonds is 1. The van der Waals surface area contributed by atoms with E-state index in [1.165, 1.54) is 36.1 Å². The van der Waals surface area contributed by atoms with Crippen molar-refractivity contribution >= 4 is 17.6 Å². The molecule has 0 fully saturated rings. The zero-order valence-corrected chi connectivity index (χ0v) is 9.08. The fourth-order valence-electron chi connectivity index (χ4n) is 2.03. The molecule has 0 N–H and O–H groups in total. The van der Waals surface area contributed by atoms with Gasteiger partial charge in [0.15, 0.2) is 0 Å². The second kappa shape index (κ2) is 3.62. The molecule has 1 aromatic heterocycles. The zero-order valence-electron chi connectivity index (χ0n) is 8.26. The van der Waals surface area contributed by atoms with E-state index in [2.05, 4.69) is 11.9 Å². The van der Waals surface area contributed by atoms with Crippen LogP contribution in [0.5, 0.6) is 0 Å². The summed E-state index contributed by atoms with van der Waals surface area (Å²) in [5.74, 6) is 0. The van der Waals surface area contributed by atoms with E-state index in [-0.39, 0.29) is 0 Å². The molecule has 0 spiro atoms. The van der Waals surface area contributed by atoms with Crippen LogP contribution in [0.3, 0.4) is 0 Å². The normalized spacial score (nSPS) is 16.5. The lowest BCUT2D eigenvalue weighted by Gasteiger charge is -2.10. The Morgan fingerprint density at radius 1 is 1.31 bits per heavy atom. The third kappa shape index (κ3) is 1.55. The third-order valence-corrected chi connectivity index (χ3v) is 3.88. The molecule has 0 aliphatic heterocycles. The monoisotopic (exact) mass is 193 g/mol. The minimum Gasteiger partial charge on any atom is -0.296 e. The van der Waals surface area contributed by atoms with E-state index in [1.807, 2.05) is 24.6 Å². The Kier molecular flexibility index (Phi) is 2.49. The molecule has 1 nitrogen and oxygen atoms in total. The molecule has 2 rings (SSSR count). The fourth-order valence-corrected chi connectivity index (χ4v) is 3.26. The van der Waals surface area contributed by atoms with Crippen molar-refractivity contribution < 1.29 is 0 Å². The number of aliphatic imine (C=N–C) groups is 1. The highest BCUT2D eigenvalue weighted by atomic mass is 32.1. The molecule has 1 aliphatic carbocycles. The molecule has 0 bridgehead atoms. The van der Waals surface area contributed by atoms with Crippen molar-refractivity contribution in [1.82, 2.24) is 0 Å². The summed E-state index contributed by atoms with van der Waals surface area (Å²) in [6.45, 7) is 2.21. The van der Waals surface area contributed by atoms with Crippen LogP contribution in [0.2, 0.25) is 0 Å². The lowest BCUT2D eigenvalue weighted by atomic mass is 9.95. The van der Waals surface area contributed by atoms with Gasteiger partial charge in [-0.25, -0.2) is 0 Å². The van der Waals surface area contributed by atoms with E-state index in [4.69, 9.17) is 0 Å². The maximum absolute atomic E-state index is 4.13. The van der Waals surface area contributed by atoms with Crippen molar-refractivity contribution in [3.05, 3.63) is 20.9 Å². The van der Waals surface area contributed by atoms with Crippen molar-refractivity contribution in [3.8, 4) is 0 Å². The summed E-state index contributed by atoms with van der Waals surface area (Å²) in [5, 5.41) is 0. The van der Waals surface area contributed by atoms with Crippen molar-refractivity contribution in [2.75, 3.05) is 7.05 Å². The largest absolute Gasteiger partial charge is 0.296 e. The molecular weight excluding hydrogens is 178 g/mol. The summed E-state index contributed by atoms with van der Waals surface area (Å²) in [6, 6.07) is 0. The maximum atomic E-state index is 4.13. The first-order valence-corrected chi connectivity index (χ1v) is 5.68. The Labute approximate surface area is 83.5 Å². The van der Waals surface area contributed by atoms with Gasteiger partial charge < -0.3 is 0 Å². The zero-order chi connectivity index (χ0) is 9.26. The highest BCUT2D eigenvalue weighted by molar-refractivity contribution is 7.12. The average Bonchev–Trinajstić information content (AvgIpc) is 2.44. The van der Waals surface area contributed by atoms with Crippen LogP contribution in [0.15, 0.2) is 4.99 Å². The summed E-state index contributed by atoms with van der Waals surface area (Å²) in [4.78, 5) is 7.18. The van der Waals surface area contributed by atoms with Gasteiger partial charge in [0.1, 0.15) is 0 Å². The second-order valence-electron chi connectivity index (χ2n) is 3.57. The van der Waals surface area contributed by atoms with E-state index in [9.17, 15) is 0 Å². The topological polar surface area (TPSA) is 12.4 Å². The smallest absolute Gasteiger partial charge is 0.0295 e. The lowest BCUT2D eigenvalue weighted by Crippen LogP contribution is -2.00. The second-order valence-corrected chi connectivity index (χ2v) is 4.88. The Balaban J connectivity index is 2.48. The molecule has 0 saturated heterocycles. The van der Waals surface area contributed by atoms with Crippen molar-refractivity contribution in [1.29, 1.82) is 0 Å². The quantitative estimate of drug-likeness (QED) is 0.608. The minimum atomic E-state index is 1.26. The summed E-state index contributed by atoms with van der Waals surface area (Å²) < 4.78 is 0. The Morgan fingerprint density at radius 3 is 2.85 bits per heavy atom. The van der Waals surface area contributed by atoms with Crippen LogP contribution in [0.4, 0.5) is 0 Å². The number of nitrogens with zero attached hydrogens (tertiary/aromatic N) is 1. The average molecular weight is 193 g/mol. The first-order chi connectivity index (χ1) is 6.33. The molecule has 0 unspecified atom stereocenters. The molecule has 1 aromatic rings. The van der Waals surface area contributed by atoms with Crippen molar-refractivity contribution in [3.63, 3.8) is 0 Å². The molecule has 2 heteroatoms. The highest BCUT2D eigenvalue weighted by Crippen LogP contribution is 2.32. The van der Waals surface area contributed by atoms with E-state index < -0.39 is 0 Å². The van der Waals surface area contributed by atoms with Crippen LogP contribution in [0, 0.1) is 6.92 Å². The summed E-state index contributed by atoms with van der Waals surface area (Å²) in [6.07, 6.45) is 7.30. The number of thiophene rings is 1. The molecule has 70 valence electrons.